The first-order valence-corrected chi connectivity index (χ1v) is 9.49. The van der Waals surface area contributed by atoms with Crippen molar-refractivity contribution in [1.82, 2.24) is 14.8 Å². The van der Waals surface area contributed by atoms with Gasteiger partial charge in [-0.3, -0.25) is 9.88 Å². The SMILES string of the molecule is c1cncc(CO[C@H]2[C@H]3CC[C@H]2OCCN3CCN2CCCC2)c1. The molecular weight excluding hydrogens is 302 g/mol. The van der Waals surface area contributed by atoms with Crippen molar-refractivity contribution < 1.29 is 9.47 Å². The van der Waals surface area contributed by atoms with Crippen LogP contribution < -0.4 is 0 Å². The second-order valence-corrected chi connectivity index (χ2v) is 7.28. The molecule has 5 heteroatoms. The Kier molecular flexibility index (Phi) is 5.43. The summed E-state index contributed by atoms with van der Waals surface area (Å²) in [5.41, 5.74) is 1.14. The Labute approximate surface area is 144 Å². The zero-order chi connectivity index (χ0) is 16.2. The van der Waals surface area contributed by atoms with Gasteiger partial charge in [0.2, 0.25) is 0 Å². The minimum absolute atomic E-state index is 0.200. The maximum absolute atomic E-state index is 6.32. The Morgan fingerprint density at radius 3 is 2.92 bits per heavy atom. The van der Waals surface area contributed by atoms with Crippen LogP contribution in [0.15, 0.2) is 24.5 Å². The molecule has 2 aliphatic heterocycles. The van der Waals surface area contributed by atoms with E-state index in [2.05, 4.69) is 20.9 Å². The van der Waals surface area contributed by atoms with Crippen LogP contribution in [-0.4, -0.2) is 72.4 Å². The molecule has 3 heterocycles. The molecule has 1 aromatic rings. The summed E-state index contributed by atoms with van der Waals surface area (Å²) in [7, 11) is 0. The molecule has 3 aliphatic rings. The Bertz CT molecular complexity index is 507. The average molecular weight is 331 g/mol. The standard InChI is InChI=1S/C19H29N3O2/c1-2-9-21(8-1)10-11-22-12-13-23-18-6-5-17(22)19(18)24-15-16-4-3-7-20-14-16/h3-4,7,14,17-19H,1-2,5-6,8-13,15H2/t17-,18-,19+/m1/s1. The third-order valence-electron chi connectivity index (χ3n) is 5.74. The number of hydrogen-bond donors (Lipinski definition) is 0. The molecule has 132 valence electrons. The van der Waals surface area contributed by atoms with Crippen molar-refractivity contribution >= 4 is 0 Å². The van der Waals surface area contributed by atoms with Gasteiger partial charge in [0, 0.05) is 38.1 Å². The van der Waals surface area contributed by atoms with Gasteiger partial charge >= 0.3 is 0 Å². The summed E-state index contributed by atoms with van der Waals surface area (Å²) in [4.78, 5) is 9.41. The summed E-state index contributed by atoms with van der Waals surface area (Å²) >= 11 is 0. The number of ether oxygens (including phenoxy) is 2. The Balaban J connectivity index is 1.35. The maximum Gasteiger partial charge on any atom is 0.0995 e. The molecule has 1 aromatic heterocycles. The van der Waals surface area contributed by atoms with Crippen LogP contribution >= 0.6 is 0 Å². The molecule has 24 heavy (non-hydrogen) atoms. The highest BCUT2D eigenvalue weighted by Crippen LogP contribution is 2.32. The van der Waals surface area contributed by atoms with Crippen LogP contribution in [0.25, 0.3) is 0 Å². The number of rotatable bonds is 6. The second kappa shape index (κ2) is 7.91. The molecule has 3 fully saturated rings. The van der Waals surface area contributed by atoms with Crippen LogP contribution in [-0.2, 0) is 16.1 Å². The Morgan fingerprint density at radius 1 is 1.17 bits per heavy atom. The minimum atomic E-state index is 0.200. The quantitative estimate of drug-likeness (QED) is 0.796. The summed E-state index contributed by atoms with van der Waals surface area (Å²) in [6.45, 7) is 7.41. The van der Waals surface area contributed by atoms with E-state index in [-0.39, 0.29) is 12.2 Å². The normalized spacial score (nSPS) is 31.4. The largest absolute Gasteiger partial charge is 0.374 e. The van der Waals surface area contributed by atoms with Crippen molar-refractivity contribution in [3.8, 4) is 0 Å². The lowest BCUT2D eigenvalue weighted by atomic mass is 10.1. The second-order valence-electron chi connectivity index (χ2n) is 7.28. The molecule has 0 amide bonds. The van der Waals surface area contributed by atoms with Crippen LogP contribution in [0.4, 0.5) is 0 Å². The first-order chi connectivity index (χ1) is 11.9. The summed E-state index contributed by atoms with van der Waals surface area (Å²) in [6.07, 6.45) is 9.23. The fourth-order valence-corrected chi connectivity index (χ4v) is 4.42. The first kappa shape index (κ1) is 16.5. The summed E-state index contributed by atoms with van der Waals surface area (Å²) in [6, 6.07) is 4.56. The van der Waals surface area contributed by atoms with Crippen LogP contribution in [0.2, 0.25) is 0 Å². The van der Waals surface area contributed by atoms with Crippen molar-refractivity contribution in [2.75, 3.05) is 39.3 Å². The lowest BCUT2D eigenvalue weighted by Crippen LogP contribution is -2.46. The van der Waals surface area contributed by atoms with E-state index in [0.29, 0.717) is 12.6 Å². The van der Waals surface area contributed by atoms with Gasteiger partial charge in [-0.05, 0) is 50.4 Å². The van der Waals surface area contributed by atoms with E-state index < -0.39 is 0 Å². The van der Waals surface area contributed by atoms with Gasteiger partial charge in [-0.1, -0.05) is 6.07 Å². The predicted molar refractivity (Wildman–Crippen MR) is 92.8 cm³/mol. The molecule has 1 saturated carbocycles. The van der Waals surface area contributed by atoms with E-state index in [0.717, 1.165) is 31.7 Å². The van der Waals surface area contributed by atoms with E-state index >= 15 is 0 Å². The van der Waals surface area contributed by atoms with Gasteiger partial charge in [-0.2, -0.15) is 0 Å². The van der Waals surface area contributed by atoms with E-state index in [1.54, 1.807) is 0 Å². The Morgan fingerprint density at radius 2 is 2.08 bits per heavy atom. The van der Waals surface area contributed by atoms with Gasteiger partial charge in [-0.15, -0.1) is 0 Å². The van der Waals surface area contributed by atoms with E-state index in [1.165, 1.54) is 38.9 Å². The molecule has 0 aromatic carbocycles. The monoisotopic (exact) mass is 331 g/mol. The molecule has 2 saturated heterocycles. The Hall–Kier alpha value is -1.01. The van der Waals surface area contributed by atoms with Gasteiger partial charge in [0.05, 0.1) is 25.4 Å². The van der Waals surface area contributed by atoms with Crippen LogP contribution in [0.3, 0.4) is 0 Å². The van der Waals surface area contributed by atoms with E-state index in [9.17, 15) is 0 Å². The number of aromatic nitrogens is 1. The average Bonchev–Trinajstić information content (AvgIpc) is 3.22. The van der Waals surface area contributed by atoms with Gasteiger partial charge in [0.15, 0.2) is 0 Å². The van der Waals surface area contributed by atoms with E-state index in [1.807, 2.05) is 18.5 Å². The first-order valence-electron chi connectivity index (χ1n) is 9.49. The molecule has 5 nitrogen and oxygen atoms in total. The lowest BCUT2D eigenvalue weighted by Gasteiger charge is -2.32. The molecule has 2 bridgehead atoms. The molecule has 0 unspecified atom stereocenters. The third kappa shape index (κ3) is 3.80. The van der Waals surface area contributed by atoms with Gasteiger partial charge in [-0.25, -0.2) is 0 Å². The highest BCUT2D eigenvalue weighted by Gasteiger charge is 2.42. The van der Waals surface area contributed by atoms with Crippen molar-refractivity contribution in [2.45, 2.75) is 50.5 Å². The van der Waals surface area contributed by atoms with Gasteiger partial charge in [0.25, 0.3) is 0 Å². The number of pyridine rings is 1. The van der Waals surface area contributed by atoms with Crippen molar-refractivity contribution in [2.24, 2.45) is 0 Å². The fraction of sp³-hybridized carbons (Fsp3) is 0.737. The summed E-state index contributed by atoms with van der Waals surface area (Å²) in [5.74, 6) is 0. The maximum atomic E-state index is 6.32. The highest BCUT2D eigenvalue weighted by molar-refractivity contribution is 5.07. The minimum Gasteiger partial charge on any atom is -0.374 e. The number of hydrogen-bond acceptors (Lipinski definition) is 5. The van der Waals surface area contributed by atoms with E-state index in [4.69, 9.17) is 9.47 Å². The smallest absolute Gasteiger partial charge is 0.0995 e. The molecular formula is C19H29N3O2. The van der Waals surface area contributed by atoms with Crippen LogP contribution in [0, 0.1) is 0 Å². The zero-order valence-corrected chi connectivity index (χ0v) is 14.5. The van der Waals surface area contributed by atoms with Crippen molar-refractivity contribution in [3.63, 3.8) is 0 Å². The molecule has 1 aliphatic carbocycles. The lowest BCUT2D eigenvalue weighted by molar-refractivity contribution is -0.0612. The number of nitrogens with zero attached hydrogens (tertiary/aromatic N) is 3. The molecule has 0 spiro atoms. The van der Waals surface area contributed by atoms with Crippen LogP contribution in [0.1, 0.15) is 31.2 Å². The third-order valence-corrected chi connectivity index (χ3v) is 5.74. The van der Waals surface area contributed by atoms with Crippen LogP contribution in [0.5, 0.6) is 0 Å². The van der Waals surface area contributed by atoms with Gasteiger partial charge < -0.3 is 14.4 Å². The molecule has 0 radical (unpaired) electrons. The van der Waals surface area contributed by atoms with Gasteiger partial charge in [0.1, 0.15) is 0 Å². The molecule has 4 rings (SSSR count). The van der Waals surface area contributed by atoms with Crippen molar-refractivity contribution in [1.29, 1.82) is 0 Å². The number of fused-ring (bicyclic) bond motifs is 2. The topological polar surface area (TPSA) is 37.8 Å². The molecule has 0 N–H and O–H groups in total. The number of likely N-dealkylation sites (tertiary alicyclic amines) is 1. The summed E-state index contributed by atoms with van der Waals surface area (Å²) < 4.78 is 12.4. The predicted octanol–water partition coefficient (Wildman–Crippen LogP) is 1.93. The summed E-state index contributed by atoms with van der Waals surface area (Å²) in [5, 5.41) is 0. The molecule has 3 atom stereocenters. The highest BCUT2D eigenvalue weighted by atomic mass is 16.5. The fourth-order valence-electron chi connectivity index (χ4n) is 4.42. The zero-order valence-electron chi connectivity index (χ0n) is 14.5. The van der Waals surface area contributed by atoms with Crippen molar-refractivity contribution in [3.05, 3.63) is 30.1 Å².